The Hall–Kier alpha value is -0.830. The Labute approximate surface area is 156 Å². The van der Waals surface area contributed by atoms with Crippen molar-refractivity contribution in [2.75, 3.05) is 0 Å². The van der Waals surface area contributed by atoms with Crippen LogP contribution in [0.1, 0.15) is 94.8 Å². The molecule has 0 heterocycles. The van der Waals surface area contributed by atoms with Crippen molar-refractivity contribution in [2.24, 2.45) is 0 Å². The third-order valence-electron chi connectivity index (χ3n) is 4.38. The smallest absolute Gasteiger partial charge is 0.339 e. The molecule has 136 valence electrons. The molecule has 0 amide bonds. The van der Waals surface area contributed by atoms with E-state index < -0.39 is 0 Å². The van der Waals surface area contributed by atoms with Crippen molar-refractivity contribution in [2.45, 2.75) is 90.6 Å². The van der Waals surface area contributed by atoms with Crippen LogP contribution in [0, 0.1) is 0 Å². The Kier molecular flexibility index (Phi) is 11.9. The van der Waals surface area contributed by atoms with Crippen LogP contribution in [0.3, 0.4) is 0 Å². The van der Waals surface area contributed by atoms with Crippen molar-refractivity contribution in [3.8, 4) is 0 Å². The maximum Gasteiger partial charge on any atom is 0.339 e. The molecule has 1 unspecified atom stereocenters. The summed E-state index contributed by atoms with van der Waals surface area (Å²) >= 11 is 3.43. The molecule has 1 aromatic rings. The summed E-state index contributed by atoms with van der Waals surface area (Å²) in [5.74, 6) is -0.202. The quantitative estimate of drug-likeness (QED) is 0.258. The van der Waals surface area contributed by atoms with Crippen LogP contribution in [0.2, 0.25) is 0 Å². The molecule has 0 spiro atoms. The topological polar surface area (TPSA) is 26.3 Å². The zero-order chi connectivity index (χ0) is 17.6. The molecule has 0 aliphatic carbocycles. The van der Waals surface area contributed by atoms with Gasteiger partial charge in [0, 0.05) is 4.47 Å². The summed E-state index contributed by atoms with van der Waals surface area (Å²) in [6.45, 7) is 4.43. The van der Waals surface area contributed by atoms with Crippen LogP contribution in [-0.2, 0) is 4.74 Å². The number of carbonyl (C=O) groups excluding carboxylic acids is 1. The summed E-state index contributed by atoms with van der Waals surface area (Å²) in [7, 11) is 0. The summed E-state index contributed by atoms with van der Waals surface area (Å²) in [6.07, 6.45) is 13.3. The average Bonchev–Trinajstić information content (AvgIpc) is 2.58. The highest BCUT2D eigenvalue weighted by Crippen LogP contribution is 2.21. The van der Waals surface area contributed by atoms with E-state index in [0.29, 0.717) is 5.56 Å². The molecule has 0 aliphatic rings. The zero-order valence-electron chi connectivity index (χ0n) is 15.4. The molecule has 0 bridgehead atoms. The second kappa shape index (κ2) is 13.5. The van der Waals surface area contributed by atoms with Crippen molar-refractivity contribution in [3.63, 3.8) is 0 Å². The summed E-state index contributed by atoms with van der Waals surface area (Å²) in [5, 5.41) is 0. The van der Waals surface area contributed by atoms with Gasteiger partial charge in [0.05, 0.1) is 5.56 Å². The maximum atomic E-state index is 12.4. The lowest BCUT2D eigenvalue weighted by Gasteiger charge is -2.18. The van der Waals surface area contributed by atoms with E-state index in [4.69, 9.17) is 4.74 Å². The molecule has 0 aromatic heterocycles. The van der Waals surface area contributed by atoms with E-state index in [0.717, 1.165) is 36.6 Å². The van der Waals surface area contributed by atoms with E-state index in [1.807, 2.05) is 24.3 Å². The second-order valence-corrected chi connectivity index (χ2v) is 7.41. The first kappa shape index (κ1) is 21.2. The van der Waals surface area contributed by atoms with Crippen LogP contribution in [0.15, 0.2) is 28.7 Å². The van der Waals surface area contributed by atoms with Gasteiger partial charge in [-0.25, -0.2) is 4.79 Å². The minimum Gasteiger partial charge on any atom is -0.459 e. The number of esters is 1. The molecule has 3 heteroatoms. The second-order valence-electron chi connectivity index (χ2n) is 6.56. The Morgan fingerprint density at radius 1 is 0.917 bits per heavy atom. The van der Waals surface area contributed by atoms with E-state index in [9.17, 15) is 4.79 Å². The van der Waals surface area contributed by atoms with E-state index in [2.05, 4.69) is 29.8 Å². The van der Waals surface area contributed by atoms with Gasteiger partial charge in [-0.05, 0) is 47.3 Å². The first-order chi connectivity index (χ1) is 11.7. The number of carbonyl (C=O) groups is 1. The number of rotatable bonds is 13. The standard InChI is InChI=1S/C21H33BrO2/c1-3-5-7-8-9-10-11-15-18(14-6-4-2)24-21(23)19-16-12-13-17-20(19)22/h12-13,16-18H,3-11,14-15H2,1-2H3. The fraction of sp³-hybridized carbons (Fsp3) is 0.667. The normalized spacial score (nSPS) is 12.1. The minimum atomic E-state index is -0.202. The fourth-order valence-corrected chi connectivity index (χ4v) is 3.31. The monoisotopic (exact) mass is 396 g/mol. The van der Waals surface area contributed by atoms with E-state index in [-0.39, 0.29) is 12.1 Å². The highest BCUT2D eigenvalue weighted by atomic mass is 79.9. The summed E-state index contributed by atoms with van der Waals surface area (Å²) < 4.78 is 6.60. The van der Waals surface area contributed by atoms with Crippen molar-refractivity contribution >= 4 is 21.9 Å². The van der Waals surface area contributed by atoms with Gasteiger partial charge in [0.25, 0.3) is 0 Å². The lowest BCUT2D eigenvalue weighted by atomic mass is 10.0. The van der Waals surface area contributed by atoms with Gasteiger partial charge in [-0.1, -0.05) is 77.3 Å². The molecule has 0 saturated heterocycles. The molecule has 2 nitrogen and oxygen atoms in total. The average molecular weight is 397 g/mol. The number of ether oxygens (including phenoxy) is 1. The predicted octanol–water partition coefficient (Wildman–Crippen LogP) is 7.31. The van der Waals surface area contributed by atoms with Crippen LogP contribution in [0.4, 0.5) is 0 Å². The number of hydrogen-bond donors (Lipinski definition) is 0. The van der Waals surface area contributed by atoms with Gasteiger partial charge in [0.1, 0.15) is 6.10 Å². The Balaban J connectivity index is 2.38. The molecule has 0 saturated carbocycles. The third kappa shape index (κ3) is 8.86. The van der Waals surface area contributed by atoms with Crippen LogP contribution < -0.4 is 0 Å². The summed E-state index contributed by atoms with van der Waals surface area (Å²) in [6, 6.07) is 7.48. The molecule has 0 radical (unpaired) electrons. The first-order valence-electron chi connectivity index (χ1n) is 9.64. The van der Waals surface area contributed by atoms with Crippen molar-refractivity contribution in [3.05, 3.63) is 34.3 Å². The van der Waals surface area contributed by atoms with Crippen molar-refractivity contribution in [1.29, 1.82) is 0 Å². The van der Waals surface area contributed by atoms with Gasteiger partial charge in [0.2, 0.25) is 0 Å². The first-order valence-corrected chi connectivity index (χ1v) is 10.4. The zero-order valence-corrected chi connectivity index (χ0v) is 16.9. The van der Waals surface area contributed by atoms with Gasteiger partial charge >= 0.3 is 5.97 Å². The highest BCUT2D eigenvalue weighted by Gasteiger charge is 2.17. The van der Waals surface area contributed by atoms with Crippen molar-refractivity contribution < 1.29 is 9.53 Å². The Morgan fingerprint density at radius 3 is 2.17 bits per heavy atom. The van der Waals surface area contributed by atoms with E-state index >= 15 is 0 Å². The predicted molar refractivity (Wildman–Crippen MR) is 105 cm³/mol. The van der Waals surface area contributed by atoms with Gasteiger partial charge in [-0.2, -0.15) is 0 Å². The largest absolute Gasteiger partial charge is 0.459 e. The number of benzene rings is 1. The minimum absolute atomic E-state index is 0.0557. The summed E-state index contributed by atoms with van der Waals surface area (Å²) in [5.41, 5.74) is 0.624. The van der Waals surface area contributed by atoms with E-state index in [1.165, 1.54) is 38.5 Å². The molecule has 0 N–H and O–H groups in total. The van der Waals surface area contributed by atoms with Gasteiger partial charge in [0.15, 0.2) is 0 Å². The molecule has 0 fully saturated rings. The third-order valence-corrected chi connectivity index (χ3v) is 5.07. The molecule has 1 atom stereocenters. The highest BCUT2D eigenvalue weighted by molar-refractivity contribution is 9.10. The number of hydrogen-bond acceptors (Lipinski definition) is 2. The molecular weight excluding hydrogens is 364 g/mol. The SMILES string of the molecule is CCCCCCCCCC(CCCC)OC(=O)c1ccccc1Br. The van der Waals surface area contributed by atoms with Crippen LogP contribution in [0.5, 0.6) is 0 Å². The van der Waals surface area contributed by atoms with Crippen LogP contribution in [-0.4, -0.2) is 12.1 Å². The summed E-state index contributed by atoms with van der Waals surface area (Å²) in [4.78, 5) is 12.4. The van der Waals surface area contributed by atoms with E-state index in [1.54, 1.807) is 0 Å². The van der Waals surface area contributed by atoms with Crippen LogP contribution >= 0.6 is 15.9 Å². The fourth-order valence-electron chi connectivity index (χ4n) is 2.86. The molecule has 24 heavy (non-hydrogen) atoms. The Morgan fingerprint density at radius 2 is 1.50 bits per heavy atom. The van der Waals surface area contributed by atoms with Gasteiger partial charge < -0.3 is 4.74 Å². The van der Waals surface area contributed by atoms with Crippen LogP contribution in [0.25, 0.3) is 0 Å². The van der Waals surface area contributed by atoms with Gasteiger partial charge in [-0.15, -0.1) is 0 Å². The molecule has 1 rings (SSSR count). The lowest BCUT2D eigenvalue weighted by Crippen LogP contribution is -2.19. The lowest BCUT2D eigenvalue weighted by molar-refractivity contribution is 0.0249. The van der Waals surface area contributed by atoms with Crippen molar-refractivity contribution in [1.82, 2.24) is 0 Å². The van der Waals surface area contributed by atoms with Gasteiger partial charge in [-0.3, -0.25) is 0 Å². The number of halogens is 1. The maximum absolute atomic E-state index is 12.4. The Bertz CT molecular complexity index is 459. The molecule has 1 aromatic carbocycles. The number of unbranched alkanes of at least 4 members (excludes halogenated alkanes) is 7. The molecule has 0 aliphatic heterocycles. The molecular formula is C21H33BrO2.